The zero-order valence-corrected chi connectivity index (χ0v) is 5.87. The molecule has 1 rings (SSSR count). The van der Waals surface area contributed by atoms with Gasteiger partial charge in [0.15, 0.2) is 5.78 Å². The molecule has 0 unspecified atom stereocenters. The monoisotopic (exact) mass is 149 g/mol. The number of aliphatic hydroxyl groups is 1. The van der Waals surface area contributed by atoms with Crippen LogP contribution in [0.25, 0.3) is 0 Å². The molecule has 0 spiro atoms. The van der Waals surface area contributed by atoms with Gasteiger partial charge in [-0.1, -0.05) is 12.7 Å². The van der Waals surface area contributed by atoms with Crippen LogP contribution in [-0.2, 0) is 4.79 Å². The van der Waals surface area contributed by atoms with Crippen molar-refractivity contribution in [1.82, 2.24) is 0 Å². The average Bonchev–Trinajstić information content (AvgIpc) is 2.29. The summed E-state index contributed by atoms with van der Waals surface area (Å²) < 4.78 is 0. The van der Waals surface area contributed by atoms with E-state index in [0.29, 0.717) is 5.57 Å². The molecule has 0 amide bonds. The first-order valence-corrected chi connectivity index (χ1v) is 3.13. The lowest BCUT2D eigenvalue weighted by atomic mass is 9.99. The van der Waals surface area contributed by atoms with E-state index < -0.39 is 11.4 Å². The summed E-state index contributed by atoms with van der Waals surface area (Å²) in [5.41, 5.74) is -1.22. The van der Waals surface area contributed by atoms with E-state index in [9.17, 15) is 9.90 Å². The van der Waals surface area contributed by atoms with Gasteiger partial charge in [-0.3, -0.25) is 4.79 Å². The van der Waals surface area contributed by atoms with E-state index in [2.05, 4.69) is 6.58 Å². The van der Waals surface area contributed by atoms with Crippen molar-refractivity contribution < 1.29 is 9.90 Å². The standard InChI is InChI=1S/C8H7NO2/c1-2-8(11)4-6(5-9)3-7(8)10/h2-3,11H,1,4H2/t8-/m1/s1. The summed E-state index contributed by atoms with van der Waals surface area (Å²) in [6.45, 7) is 3.32. The highest BCUT2D eigenvalue weighted by atomic mass is 16.3. The van der Waals surface area contributed by atoms with Crippen molar-refractivity contribution in [2.75, 3.05) is 0 Å². The maximum absolute atomic E-state index is 10.9. The smallest absolute Gasteiger partial charge is 0.192 e. The van der Waals surface area contributed by atoms with E-state index in [-0.39, 0.29) is 6.42 Å². The number of carbonyl (C=O) groups excluding carboxylic acids is 1. The molecule has 0 saturated carbocycles. The van der Waals surface area contributed by atoms with E-state index >= 15 is 0 Å². The Hall–Kier alpha value is -1.40. The molecule has 1 aliphatic rings. The second-order valence-electron chi connectivity index (χ2n) is 2.45. The normalized spacial score (nSPS) is 29.5. The van der Waals surface area contributed by atoms with Crippen molar-refractivity contribution in [2.45, 2.75) is 12.0 Å². The Labute approximate surface area is 64.3 Å². The summed E-state index contributed by atoms with van der Waals surface area (Å²) >= 11 is 0. The number of rotatable bonds is 1. The minimum atomic E-state index is -1.52. The molecule has 11 heavy (non-hydrogen) atoms. The molecule has 3 nitrogen and oxygen atoms in total. The van der Waals surface area contributed by atoms with Crippen LogP contribution in [0.3, 0.4) is 0 Å². The fourth-order valence-electron chi connectivity index (χ4n) is 0.956. The van der Waals surface area contributed by atoms with Crippen molar-refractivity contribution in [3.05, 3.63) is 24.3 Å². The molecule has 0 aromatic rings. The lowest BCUT2D eigenvalue weighted by Crippen LogP contribution is -2.30. The minimum absolute atomic E-state index is 0.0613. The van der Waals surface area contributed by atoms with Crippen LogP contribution in [0.4, 0.5) is 0 Å². The van der Waals surface area contributed by atoms with Gasteiger partial charge in [0.25, 0.3) is 0 Å². The number of nitriles is 1. The molecule has 0 aromatic heterocycles. The SMILES string of the molecule is C=C[C@@]1(O)CC(C#N)=CC1=O. The number of hydrogen-bond acceptors (Lipinski definition) is 3. The summed E-state index contributed by atoms with van der Waals surface area (Å²) in [6.07, 6.45) is 2.38. The zero-order chi connectivity index (χ0) is 8.48. The van der Waals surface area contributed by atoms with Gasteiger partial charge >= 0.3 is 0 Å². The van der Waals surface area contributed by atoms with E-state index in [4.69, 9.17) is 5.26 Å². The van der Waals surface area contributed by atoms with Gasteiger partial charge in [-0.2, -0.15) is 5.26 Å². The first-order valence-electron chi connectivity index (χ1n) is 3.13. The molecule has 1 atom stereocenters. The third kappa shape index (κ3) is 1.08. The summed E-state index contributed by atoms with van der Waals surface area (Å²) in [5, 5.41) is 17.8. The predicted molar refractivity (Wildman–Crippen MR) is 38.5 cm³/mol. The van der Waals surface area contributed by atoms with Crippen LogP contribution in [-0.4, -0.2) is 16.5 Å². The van der Waals surface area contributed by atoms with E-state index in [1.54, 1.807) is 0 Å². The number of ketones is 1. The van der Waals surface area contributed by atoms with Crippen LogP contribution in [0.5, 0.6) is 0 Å². The molecule has 0 saturated heterocycles. The van der Waals surface area contributed by atoms with Gasteiger partial charge < -0.3 is 5.11 Å². The number of hydrogen-bond donors (Lipinski definition) is 1. The van der Waals surface area contributed by atoms with E-state index in [1.807, 2.05) is 6.07 Å². The molecule has 0 fully saturated rings. The second-order valence-corrected chi connectivity index (χ2v) is 2.45. The molecule has 3 heteroatoms. The highest BCUT2D eigenvalue weighted by molar-refractivity contribution is 6.02. The Morgan fingerprint density at radius 2 is 2.55 bits per heavy atom. The van der Waals surface area contributed by atoms with Gasteiger partial charge in [-0.25, -0.2) is 0 Å². The molecule has 0 bridgehead atoms. The van der Waals surface area contributed by atoms with Crippen LogP contribution >= 0.6 is 0 Å². The first-order chi connectivity index (χ1) is 5.12. The first kappa shape index (κ1) is 7.70. The maximum atomic E-state index is 10.9. The molecule has 56 valence electrons. The summed E-state index contributed by atoms with van der Waals surface area (Å²) in [5.74, 6) is -0.455. The van der Waals surface area contributed by atoms with Crippen LogP contribution < -0.4 is 0 Å². The van der Waals surface area contributed by atoms with Gasteiger partial charge in [0.2, 0.25) is 0 Å². The number of carbonyl (C=O) groups is 1. The fourth-order valence-corrected chi connectivity index (χ4v) is 0.956. The average molecular weight is 149 g/mol. The molecule has 1 aliphatic carbocycles. The van der Waals surface area contributed by atoms with Gasteiger partial charge in [-0.15, -0.1) is 0 Å². The van der Waals surface area contributed by atoms with Crippen LogP contribution in [0.15, 0.2) is 24.3 Å². The van der Waals surface area contributed by atoms with Crippen molar-refractivity contribution >= 4 is 5.78 Å². The maximum Gasteiger partial charge on any atom is 0.192 e. The van der Waals surface area contributed by atoms with Crippen LogP contribution in [0.2, 0.25) is 0 Å². The van der Waals surface area contributed by atoms with Gasteiger partial charge in [0, 0.05) is 12.0 Å². The molecule has 0 aromatic carbocycles. The van der Waals surface area contributed by atoms with Crippen molar-refractivity contribution in [1.29, 1.82) is 5.26 Å². The Kier molecular flexibility index (Phi) is 1.63. The Morgan fingerprint density at radius 1 is 1.91 bits per heavy atom. The van der Waals surface area contributed by atoms with Crippen LogP contribution in [0.1, 0.15) is 6.42 Å². The highest BCUT2D eigenvalue weighted by Crippen LogP contribution is 2.26. The van der Waals surface area contributed by atoms with Gasteiger partial charge in [0.1, 0.15) is 5.60 Å². The van der Waals surface area contributed by atoms with Gasteiger partial charge in [0.05, 0.1) is 6.07 Å². The second kappa shape index (κ2) is 2.33. The molecule has 1 N–H and O–H groups in total. The van der Waals surface area contributed by atoms with Crippen LogP contribution in [0, 0.1) is 11.3 Å². The number of nitrogens with zero attached hydrogens (tertiary/aromatic N) is 1. The Morgan fingerprint density at radius 3 is 2.82 bits per heavy atom. The Balaban J connectivity index is 2.95. The summed E-state index contributed by atoms with van der Waals surface area (Å²) in [4.78, 5) is 10.9. The van der Waals surface area contributed by atoms with E-state index in [0.717, 1.165) is 12.2 Å². The third-order valence-electron chi connectivity index (χ3n) is 1.67. The largest absolute Gasteiger partial charge is 0.377 e. The van der Waals surface area contributed by atoms with Crippen molar-refractivity contribution in [2.24, 2.45) is 0 Å². The van der Waals surface area contributed by atoms with Gasteiger partial charge in [-0.05, 0) is 6.08 Å². The molecular formula is C8H7NO2. The lowest BCUT2D eigenvalue weighted by molar-refractivity contribution is -0.126. The van der Waals surface area contributed by atoms with Crippen molar-refractivity contribution in [3.63, 3.8) is 0 Å². The van der Waals surface area contributed by atoms with Crippen molar-refractivity contribution in [3.8, 4) is 6.07 Å². The molecular weight excluding hydrogens is 142 g/mol. The third-order valence-corrected chi connectivity index (χ3v) is 1.67. The lowest BCUT2D eigenvalue weighted by Gasteiger charge is -2.13. The molecule has 0 heterocycles. The van der Waals surface area contributed by atoms with E-state index in [1.165, 1.54) is 0 Å². The minimum Gasteiger partial charge on any atom is -0.377 e. The predicted octanol–water partition coefficient (Wildman–Crippen LogP) is 0.326. The highest BCUT2D eigenvalue weighted by Gasteiger charge is 2.37. The summed E-state index contributed by atoms with van der Waals surface area (Å²) in [6, 6.07) is 1.82. The topological polar surface area (TPSA) is 61.1 Å². The summed E-state index contributed by atoms with van der Waals surface area (Å²) in [7, 11) is 0. The molecule has 0 radical (unpaired) electrons. The molecule has 0 aliphatic heterocycles. The zero-order valence-electron chi connectivity index (χ0n) is 5.87. The fraction of sp³-hybridized carbons (Fsp3) is 0.250. The quantitative estimate of drug-likeness (QED) is 0.546. The Bertz CT molecular complexity index is 285.